The summed E-state index contributed by atoms with van der Waals surface area (Å²) in [4.78, 5) is 21.6. The predicted molar refractivity (Wildman–Crippen MR) is 61.5 cm³/mol. The number of halogens is 1. The van der Waals surface area contributed by atoms with Crippen molar-refractivity contribution in [2.75, 3.05) is 0 Å². The minimum Gasteiger partial charge on any atom is -0.481 e. The summed E-state index contributed by atoms with van der Waals surface area (Å²) in [5, 5.41) is 17.6. The SMILES string of the molecule is NC(CC(Cc1ccc(F)cc1)C(=O)O)C(=O)O. The van der Waals surface area contributed by atoms with E-state index < -0.39 is 29.7 Å². The second kappa shape index (κ2) is 6.11. The second-order valence-corrected chi connectivity index (χ2v) is 4.05. The standard InChI is InChI=1S/C12H14FNO4/c13-9-3-1-7(2-4-9)5-8(11(15)16)6-10(14)12(17)18/h1-4,8,10H,5-6,14H2,(H,15,16)(H,17,18). The molecule has 4 N–H and O–H groups in total. The molecule has 0 radical (unpaired) electrons. The summed E-state index contributed by atoms with van der Waals surface area (Å²) in [6.07, 6.45) is -0.0430. The summed E-state index contributed by atoms with van der Waals surface area (Å²) in [6.45, 7) is 0. The van der Waals surface area contributed by atoms with E-state index >= 15 is 0 Å². The number of nitrogens with two attached hydrogens (primary N) is 1. The van der Waals surface area contributed by atoms with Gasteiger partial charge in [-0.15, -0.1) is 0 Å². The molecule has 6 heteroatoms. The van der Waals surface area contributed by atoms with Gasteiger partial charge in [0.25, 0.3) is 0 Å². The average molecular weight is 255 g/mol. The van der Waals surface area contributed by atoms with Crippen molar-refractivity contribution in [2.24, 2.45) is 11.7 Å². The first-order valence-electron chi connectivity index (χ1n) is 5.35. The molecule has 1 aromatic rings. The smallest absolute Gasteiger partial charge is 0.320 e. The molecule has 2 unspecified atom stereocenters. The van der Waals surface area contributed by atoms with Crippen molar-refractivity contribution in [1.82, 2.24) is 0 Å². The van der Waals surface area contributed by atoms with Gasteiger partial charge in [0.1, 0.15) is 11.9 Å². The normalized spacial score (nSPS) is 13.9. The van der Waals surface area contributed by atoms with E-state index in [1.807, 2.05) is 0 Å². The lowest BCUT2D eigenvalue weighted by Gasteiger charge is -2.14. The number of rotatable bonds is 6. The Kier molecular flexibility index (Phi) is 4.79. The number of carboxylic acid groups (broad SMARTS) is 2. The van der Waals surface area contributed by atoms with Gasteiger partial charge >= 0.3 is 11.9 Å². The molecule has 0 heterocycles. The molecule has 0 fully saturated rings. The van der Waals surface area contributed by atoms with Crippen LogP contribution in [-0.4, -0.2) is 28.2 Å². The second-order valence-electron chi connectivity index (χ2n) is 4.05. The van der Waals surface area contributed by atoms with Crippen LogP contribution >= 0.6 is 0 Å². The van der Waals surface area contributed by atoms with Crippen molar-refractivity contribution in [1.29, 1.82) is 0 Å². The number of carboxylic acids is 2. The Balaban J connectivity index is 2.71. The van der Waals surface area contributed by atoms with E-state index in [0.29, 0.717) is 5.56 Å². The van der Waals surface area contributed by atoms with Gasteiger partial charge in [-0.05, 0) is 30.5 Å². The molecule has 0 amide bonds. The topological polar surface area (TPSA) is 101 Å². The van der Waals surface area contributed by atoms with E-state index in [4.69, 9.17) is 15.9 Å². The number of carbonyl (C=O) groups is 2. The summed E-state index contributed by atoms with van der Waals surface area (Å²) in [5.41, 5.74) is 5.94. The first-order chi connectivity index (χ1) is 8.40. The Morgan fingerprint density at radius 3 is 2.17 bits per heavy atom. The summed E-state index contributed by atoms with van der Waals surface area (Å²) < 4.78 is 12.7. The van der Waals surface area contributed by atoms with E-state index in [-0.39, 0.29) is 12.8 Å². The zero-order valence-electron chi connectivity index (χ0n) is 9.54. The Labute approximate surface area is 103 Å². The van der Waals surface area contributed by atoms with Crippen LogP contribution in [0.1, 0.15) is 12.0 Å². The van der Waals surface area contributed by atoms with Gasteiger partial charge in [0, 0.05) is 0 Å². The van der Waals surface area contributed by atoms with Crippen LogP contribution in [0.25, 0.3) is 0 Å². The molecule has 5 nitrogen and oxygen atoms in total. The van der Waals surface area contributed by atoms with Gasteiger partial charge < -0.3 is 15.9 Å². The minimum absolute atomic E-state index is 0.122. The molecule has 0 aromatic heterocycles. The Morgan fingerprint density at radius 2 is 1.72 bits per heavy atom. The van der Waals surface area contributed by atoms with Crippen LogP contribution in [0.15, 0.2) is 24.3 Å². The molecule has 0 aliphatic heterocycles. The van der Waals surface area contributed by atoms with Gasteiger partial charge in [0.2, 0.25) is 0 Å². The van der Waals surface area contributed by atoms with E-state index in [2.05, 4.69) is 0 Å². The minimum atomic E-state index is -1.24. The largest absolute Gasteiger partial charge is 0.481 e. The maximum atomic E-state index is 12.7. The first-order valence-corrected chi connectivity index (χ1v) is 5.35. The van der Waals surface area contributed by atoms with Gasteiger partial charge in [0.15, 0.2) is 0 Å². The fraction of sp³-hybridized carbons (Fsp3) is 0.333. The zero-order valence-corrected chi connectivity index (χ0v) is 9.54. The van der Waals surface area contributed by atoms with E-state index in [0.717, 1.165) is 0 Å². The van der Waals surface area contributed by atoms with Gasteiger partial charge in [-0.2, -0.15) is 0 Å². The predicted octanol–water partition coefficient (Wildman–Crippen LogP) is 0.871. The molecule has 1 aromatic carbocycles. The molecule has 18 heavy (non-hydrogen) atoms. The van der Waals surface area contributed by atoms with Crippen molar-refractivity contribution >= 4 is 11.9 Å². The van der Waals surface area contributed by atoms with Crippen LogP contribution in [0.3, 0.4) is 0 Å². The molecular weight excluding hydrogens is 241 g/mol. The van der Waals surface area contributed by atoms with Gasteiger partial charge in [-0.1, -0.05) is 12.1 Å². The average Bonchev–Trinajstić information content (AvgIpc) is 2.30. The van der Waals surface area contributed by atoms with Crippen molar-refractivity contribution in [2.45, 2.75) is 18.9 Å². The molecule has 0 saturated heterocycles. The molecule has 98 valence electrons. The van der Waals surface area contributed by atoms with Crippen molar-refractivity contribution in [3.8, 4) is 0 Å². The Hall–Kier alpha value is -1.95. The van der Waals surface area contributed by atoms with Gasteiger partial charge in [0.05, 0.1) is 5.92 Å². The highest BCUT2D eigenvalue weighted by molar-refractivity contribution is 5.76. The third-order valence-corrected chi connectivity index (χ3v) is 2.60. The lowest BCUT2D eigenvalue weighted by Crippen LogP contribution is -2.35. The Bertz CT molecular complexity index is 432. The molecule has 0 bridgehead atoms. The van der Waals surface area contributed by atoms with Crippen LogP contribution in [-0.2, 0) is 16.0 Å². The third kappa shape index (κ3) is 4.14. The first kappa shape index (κ1) is 14.1. The highest BCUT2D eigenvalue weighted by Gasteiger charge is 2.24. The van der Waals surface area contributed by atoms with E-state index in [1.54, 1.807) is 0 Å². The maximum absolute atomic E-state index is 12.7. The van der Waals surface area contributed by atoms with Crippen LogP contribution in [0.4, 0.5) is 4.39 Å². The number of aliphatic carboxylic acids is 2. The summed E-state index contributed by atoms with van der Waals surface area (Å²) in [5.74, 6) is -3.66. The summed E-state index contributed by atoms with van der Waals surface area (Å²) >= 11 is 0. The number of hydrogen-bond donors (Lipinski definition) is 3. The fourth-order valence-electron chi connectivity index (χ4n) is 1.58. The lowest BCUT2D eigenvalue weighted by atomic mass is 9.93. The molecular formula is C12H14FNO4. The van der Waals surface area contributed by atoms with Crippen LogP contribution in [0.2, 0.25) is 0 Å². The monoisotopic (exact) mass is 255 g/mol. The zero-order chi connectivity index (χ0) is 13.7. The molecule has 0 aliphatic carbocycles. The highest BCUT2D eigenvalue weighted by atomic mass is 19.1. The number of hydrogen-bond acceptors (Lipinski definition) is 3. The summed E-state index contributed by atoms with van der Waals surface area (Å²) in [6, 6.07) is 4.18. The molecule has 0 aliphatic rings. The van der Waals surface area contributed by atoms with Gasteiger partial charge in [-0.3, -0.25) is 9.59 Å². The molecule has 0 saturated carbocycles. The summed E-state index contributed by atoms with van der Waals surface area (Å²) in [7, 11) is 0. The lowest BCUT2D eigenvalue weighted by molar-refractivity contribution is -0.143. The highest BCUT2D eigenvalue weighted by Crippen LogP contribution is 2.15. The van der Waals surface area contributed by atoms with Crippen LogP contribution in [0.5, 0.6) is 0 Å². The fourth-order valence-corrected chi connectivity index (χ4v) is 1.58. The van der Waals surface area contributed by atoms with E-state index in [1.165, 1.54) is 24.3 Å². The molecule has 1 rings (SSSR count). The van der Waals surface area contributed by atoms with Crippen molar-refractivity contribution in [3.63, 3.8) is 0 Å². The van der Waals surface area contributed by atoms with Crippen molar-refractivity contribution < 1.29 is 24.2 Å². The van der Waals surface area contributed by atoms with Crippen molar-refractivity contribution in [3.05, 3.63) is 35.6 Å². The van der Waals surface area contributed by atoms with E-state index in [9.17, 15) is 14.0 Å². The quantitative estimate of drug-likeness (QED) is 0.700. The number of benzene rings is 1. The maximum Gasteiger partial charge on any atom is 0.320 e. The van der Waals surface area contributed by atoms with Crippen LogP contribution < -0.4 is 5.73 Å². The third-order valence-electron chi connectivity index (χ3n) is 2.60. The van der Waals surface area contributed by atoms with Gasteiger partial charge in [-0.25, -0.2) is 4.39 Å². The molecule has 2 atom stereocenters. The van der Waals surface area contributed by atoms with Crippen LogP contribution in [0, 0.1) is 11.7 Å². The molecule has 0 spiro atoms. The Morgan fingerprint density at radius 1 is 1.17 bits per heavy atom.